The number of aryl methyl sites for hydroxylation is 1. The Bertz CT molecular complexity index is 475. The molecule has 1 heterocycles. The highest BCUT2D eigenvalue weighted by molar-refractivity contribution is 5.85. The van der Waals surface area contributed by atoms with Crippen molar-refractivity contribution in [3.63, 3.8) is 0 Å². The van der Waals surface area contributed by atoms with Crippen LogP contribution in [0.3, 0.4) is 0 Å². The molecule has 2 atom stereocenters. The first kappa shape index (κ1) is 16.3. The van der Waals surface area contributed by atoms with Gasteiger partial charge < -0.3 is 15.4 Å². The largest absolute Gasteiger partial charge is 0.375 e. The maximum absolute atomic E-state index is 12.2. The fourth-order valence-corrected chi connectivity index (χ4v) is 3.11. The first-order chi connectivity index (χ1) is 9.83. The molecular weight excluding hydrogens is 288 g/mol. The van der Waals surface area contributed by atoms with Crippen molar-refractivity contribution in [3.8, 4) is 0 Å². The number of morpholine rings is 1. The molecule has 2 unspecified atom stereocenters. The number of benzene rings is 1. The topological polar surface area (TPSA) is 50.4 Å². The number of halogens is 1. The van der Waals surface area contributed by atoms with E-state index >= 15 is 0 Å². The second-order valence-corrected chi connectivity index (χ2v) is 5.61. The van der Waals surface area contributed by atoms with Gasteiger partial charge in [0.15, 0.2) is 0 Å². The Kier molecular flexibility index (Phi) is 6.03. The molecule has 3 rings (SSSR count). The van der Waals surface area contributed by atoms with Crippen LogP contribution in [0.5, 0.6) is 0 Å². The lowest BCUT2D eigenvalue weighted by Crippen LogP contribution is -2.42. The van der Waals surface area contributed by atoms with Gasteiger partial charge in [0, 0.05) is 13.1 Å². The van der Waals surface area contributed by atoms with Gasteiger partial charge in [-0.05, 0) is 30.4 Å². The zero-order valence-electron chi connectivity index (χ0n) is 12.1. The van der Waals surface area contributed by atoms with E-state index in [0.717, 1.165) is 32.4 Å². The predicted octanol–water partition coefficient (Wildman–Crippen LogP) is 1.98. The molecule has 1 fully saturated rings. The van der Waals surface area contributed by atoms with Crippen LogP contribution < -0.4 is 10.6 Å². The fraction of sp³-hybridized carbons (Fsp3) is 0.562. The second-order valence-electron chi connectivity index (χ2n) is 5.61. The van der Waals surface area contributed by atoms with Crippen LogP contribution in [0.15, 0.2) is 24.3 Å². The first-order valence-corrected chi connectivity index (χ1v) is 7.52. The Balaban J connectivity index is 0.00000161. The Labute approximate surface area is 132 Å². The summed E-state index contributed by atoms with van der Waals surface area (Å²) < 4.78 is 5.58. The molecule has 1 aliphatic carbocycles. The number of amides is 1. The normalized spacial score (nSPS) is 24.6. The molecule has 0 saturated carbocycles. The van der Waals surface area contributed by atoms with Gasteiger partial charge >= 0.3 is 0 Å². The Hall–Kier alpha value is -1.10. The van der Waals surface area contributed by atoms with E-state index in [-0.39, 0.29) is 30.5 Å². The minimum Gasteiger partial charge on any atom is -0.375 e. The van der Waals surface area contributed by atoms with E-state index < -0.39 is 0 Å². The molecule has 5 heteroatoms. The van der Waals surface area contributed by atoms with E-state index in [1.165, 1.54) is 11.1 Å². The predicted molar refractivity (Wildman–Crippen MR) is 84.7 cm³/mol. The maximum atomic E-state index is 12.2. The third kappa shape index (κ3) is 4.19. The van der Waals surface area contributed by atoms with Gasteiger partial charge in [-0.3, -0.25) is 4.79 Å². The van der Waals surface area contributed by atoms with E-state index in [1.54, 1.807) is 0 Å². The minimum absolute atomic E-state index is 0. The SMILES string of the molecule is Cl.O=C(CC1CNCCO1)NC1CCCc2ccccc21. The first-order valence-electron chi connectivity index (χ1n) is 7.52. The molecule has 0 radical (unpaired) electrons. The van der Waals surface area contributed by atoms with Crippen molar-refractivity contribution in [3.05, 3.63) is 35.4 Å². The molecule has 1 aromatic rings. The molecule has 1 amide bonds. The van der Waals surface area contributed by atoms with Crippen molar-refractivity contribution < 1.29 is 9.53 Å². The molecule has 2 aliphatic rings. The number of hydrogen-bond acceptors (Lipinski definition) is 3. The fourth-order valence-electron chi connectivity index (χ4n) is 3.11. The second kappa shape index (κ2) is 7.78. The van der Waals surface area contributed by atoms with Crippen LogP contribution in [0.1, 0.15) is 36.4 Å². The van der Waals surface area contributed by atoms with Crippen LogP contribution in [-0.4, -0.2) is 31.7 Å². The molecule has 0 spiro atoms. The summed E-state index contributed by atoms with van der Waals surface area (Å²) in [5, 5.41) is 6.43. The Morgan fingerprint density at radius 3 is 3.05 bits per heavy atom. The summed E-state index contributed by atoms with van der Waals surface area (Å²) in [5.41, 5.74) is 2.66. The summed E-state index contributed by atoms with van der Waals surface area (Å²) in [6.45, 7) is 2.35. The lowest BCUT2D eigenvalue weighted by atomic mass is 9.87. The smallest absolute Gasteiger partial charge is 0.223 e. The van der Waals surface area contributed by atoms with Gasteiger partial charge in [0.25, 0.3) is 0 Å². The van der Waals surface area contributed by atoms with Crippen molar-refractivity contribution in [2.45, 2.75) is 37.8 Å². The average Bonchev–Trinajstić information content (AvgIpc) is 2.48. The lowest BCUT2D eigenvalue weighted by Gasteiger charge is -2.28. The van der Waals surface area contributed by atoms with E-state index in [1.807, 2.05) is 0 Å². The molecule has 0 bridgehead atoms. The van der Waals surface area contributed by atoms with Gasteiger partial charge in [-0.1, -0.05) is 24.3 Å². The van der Waals surface area contributed by atoms with Crippen LogP contribution >= 0.6 is 12.4 Å². The summed E-state index contributed by atoms with van der Waals surface area (Å²) in [5.74, 6) is 0.0976. The third-order valence-electron chi connectivity index (χ3n) is 4.12. The van der Waals surface area contributed by atoms with Crippen molar-refractivity contribution in [2.24, 2.45) is 0 Å². The van der Waals surface area contributed by atoms with E-state index in [2.05, 4.69) is 34.9 Å². The summed E-state index contributed by atoms with van der Waals surface area (Å²) in [6, 6.07) is 8.60. The average molecular weight is 311 g/mol. The highest BCUT2D eigenvalue weighted by Gasteiger charge is 2.23. The maximum Gasteiger partial charge on any atom is 0.223 e. The molecule has 21 heavy (non-hydrogen) atoms. The van der Waals surface area contributed by atoms with Crippen molar-refractivity contribution in [1.82, 2.24) is 10.6 Å². The molecule has 1 saturated heterocycles. The number of nitrogens with one attached hydrogen (secondary N) is 2. The number of rotatable bonds is 3. The molecule has 0 aromatic heterocycles. The highest BCUT2D eigenvalue weighted by atomic mass is 35.5. The number of carbonyl (C=O) groups excluding carboxylic acids is 1. The highest BCUT2D eigenvalue weighted by Crippen LogP contribution is 2.29. The van der Waals surface area contributed by atoms with Crippen molar-refractivity contribution in [2.75, 3.05) is 19.7 Å². The molecule has 116 valence electrons. The van der Waals surface area contributed by atoms with E-state index in [4.69, 9.17) is 4.74 Å². The van der Waals surface area contributed by atoms with Gasteiger partial charge in [0.2, 0.25) is 5.91 Å². The minimum atomic E-state index is 0. The van der Waals surface area contributed by atoms with Gasteiger partial charge in [-0.15, -0.1) is 12.4 Å². The number of ether oxygens (including phenoxy) is 1. The molecule has 1 aromatic carbocycles. The quantitative estimate of drug-likeness (QED) is 0.897. The van der Waals surface area contributed by atoms with Crippen molar-refractivity contribution in [1.29, 1.82) is 0 Å². The van der Waals surface area contributed by atoms with E-state index in [0.29, 0.717) is 13.0 Å². The Morgan fingerprint density at radius 2 is 2.24 bits per heavy atom. The monoisotopic (exact) mass is 310 g/mol. The molecule has 1 aliphatic heterocycles. The lowest BCUT2D eigenvalue weighted by molar-refractivity contribution is -0.125. The van der Waals surface area contributed by atoms with Gasteiger partial charge in [0.1, 0.15) is 0 Å². The summed E-state index contributed by atoms with van der Waals surface area (Å²) in [6.07, 6.45) is 3.77. The number of carbonyl (C=O) groups is 1. The summed E-state index contributed by atoms with van der Waals surface area (Å²) in [7, 11) is 0. The number of hydrogen-bond donors (Lipinski definition) is 2. The van der Waals surface area contributed by atoms with E-state index in [9.17, 15) is 4.79 Å². The standard InChI is InChI=1S/C16H22N2O2.ClH/c19-16(10-13-11-17-8-9-20-13)18-15-7-3-5-12-4-1-2-6-14(12)15;/h1-2,4,6,13,15,17H,3,5,7-11H2,(H,18,19);1H. The third-order valence-corrected chi connectivity index (χ3v) is 4.12. The molecule has 4 nitrogen and oxygen atoms in total. The zero-order chi connectivity index (χ0) is 13.8. The van der Waals surface area contributed by atoms with Crippen LogP contribution in [0.2, 0.25) is 0 Å². The zero-order valence-corrected chi connectivity index (χ0v) is 13.0. The molecule has 2 N–H and O–H groups in total. The van der Waals surface area contributed by atoms with Crippen molar-refractivity contribution >= 4 is 18.3 Å². The van der Waals surface area contributed by atoms with Gasteiger partial charge in [0.05, 0.1) is 25.2 Å². The Morgan fingerprint density at radius 1 is 1.38 bits per heavy atom. The van der Waals surface area contributed by atoms with Gasteiger partial charge in [-0.2, -0.15) is 0 Å². The van der Waals surface area contributed by atoms with Gasteiger partial charge in [-0.25, -0.2) is 0 Å². The van der Waals surface area contributed by atoms with Crippen LogP contribution in [0.25, 0.3) is 0 Å². The number of fused-ring (bicyclic) bond motifs is 1. The van der Waals surface area contributed by atoms with Crippen LogP contribution in [-0.2, 0) is 16.0 Å². The summed E-state index contributed by atoms with van der Waals surface area (Å²) >= 11 is 0. The van der Waals surface area contributed by atoms with Crippen LogP contribution in [0.4, 0.5) is 0 Å². The molecular formula is C16H23ClN2O2. The summed E-state index contributed by atoms with van der Waals surface area (Å²) in [4.78, 5) is 12.2. The van der Waals surface area contributed by atoms with Crippen LogP contribution in [0, 0.1) is 0 Å².